The quantitative estimate of drug-likeness (QED) is 0.696. The van der Waals surface area contributed by atoms with E-state index in [0.717, 1.165) is 48.9 Å². The molecule has 3 aromatic rings. The third-order valence-corrected chi connectivity index (χ3v) is 6.04. The van der Waals surface area contributed by atoms with Crippen molar-refractivity contribution < 1.29 is 4.79 Å². The van der Waals surface area contributed by atoms with Crippen LogP contribution in [0.5, 0.6) is 0 Å². The molecule has 0 spiro atoms. The zero-order valence-corrected chi connectivity index (χ0v) is 16.0. The highest BCUT2D eigenvalue weighted by Gasteiger charge is 2.43. The van der Waals surface area contributed by atoms with Crippen LogP contribution in [0.1, 0.15) is 16.2 Å². The lowest BCUT2D eigenvalue weighted by Gasteiger charge is -2.22. The van der Waals surface area contributed by atoms with Crippen molar-refractivity contribution in [3.05, 3.63) is 41.7 Å². The molecular weight excluding hydrogens is 340 g/mol. The molecule has 0 N–H and O–H groups in total. The number of anilines is 1. The molecule has 0 radical (unpaired) electrons. The molecule has 27 heavy (non-hydrogen) atoms. The van der Waals surface area contributed by atoms with Crippen molar-refractivity contribution in [2.75, 3.05) is 31.1 Å². The van der Waals surface area contributed by atoms with E-state index in [1.165, 1.54) is 0 Å². The van der Waals surface area contributed by atoms with Crippen molar-refractivity contribution in [1.29, 1.82) is 0 Å². The lowest BCUT2D eigenvalue weighted by molar-refractivity contribution is 0.0771. The monoisotopic (exact) mass is 364 g/mol. The second-order valence-corrected chi connectivity index (χ2v) is 7.89. The molecule has 2 unspecified atom stereocenters. The number of likely N-dealkylation sites (tertiary alicyclic amines) is 1. The Morgan fingerprint density at radius 1 is 1.07 bits per heavy atom. The van der Waals surface area contributed by atoms with Gasteiger partial charge in [0.15, 0.2) is 0 Å². The van der Waals surface area contributed by atoms with Gasteiger partial charge in [-0.3, -0.25) is 9.48 Å². The molecule has 7 nitrogen and oxygen atoms in total. The van der Waals surface area contributed by atoms with Gasteiger partial charge in [-0.1, -0.05) is 12.1 Å². The van der Waals surface area contributed by atoms with Crippen molar-refractivity contribution in [2.45, 2.75) is 6.92 Å². The maximum absolute atomic E-state index is 12.9. The summed E-state index contributed by atoms with van der Waals surface area (Å²) >= 11 is 0. The number of rotatable bonds is 2. The molecule has 2 aliphatic rings. The Balaban J connectivity index is 1.32. The molecule has 2 fully saturated rings. The summed E-state index contributed by atoms with van der Waals surface area (Å²) in [6.45, 7) is 5.46. The average molecular weight is 364 g/mol. The fraction of sp³-hybridized carbons (Fsp3) is 0.450. The maximum atomic E-state index is 12.9. The van der Waals surface area contributed by atoms with Crippen LogP contribution >= 0.6 is 0 Å². The Morgan fingerprint density at radius 2 is 1.78 bits per heavy atom. The fourth-order valence-corrected chi connectivity index (χ4v) is 4.71. The van der Waals surface area contributed by atoms with Gasteiger partial charge in [-0.05, 0) is 25.1 Å². The van der Waals surface area contributed by atoms with Crippen LogP contribution in [0.4, 0.5) is 5.95 Å². The number of imidazole rings is 1. The summed E-state index contributed by atoms with van der Waals surface area (Å²) in [6, 6.07) is 10.1. The molecule has 5 rings (SSSR count). The molecule has 2 saturated heterocycles. The predicted molar refractivity (Wildman–Crippen MR) is 104 cm³/mol. The van der Waals surface area contributed by atoms with E-state index >= 15 is 0 Å². The Morgan fingerprint density at radius 3 is 2.41 bits per heavy atom. The molecule has 2 aromatic heterocycles. The SMILES string of the molecule is Cc1cc(C(=O)N2CC3CN(c4nc5ccccc5n4C)CC3C2)n(C)n1. The van der Waals surface area contributed by atoms with Crippen LogP contribution in [-0.2, 0) is 14.1 Å². The molecule has 4 heterocycles. The highest BCUT2D eigenvalue weighted by Crippen LogP contribution is 2.35. The molecule has 2 atom stereocenters. The lowest BCUT2D eigenvalue weighted by Crippen LogP contribution is -2.34. The Hall–Kier alpha value is -2.83. The third-order valence-electron chi connectivity index (χ3n) is 6.04. The highest BCUT2D eigenvalue weighted by atomic mass is 16.2. The third kappa shape index (κ3) is 2.52. The zero-order valence-electron chi connectivity index (χ0n) is 16.0. The largest absolute Gasteiger partial charge is 0.342 e. The minimum atomic E-state index is 0.0989. The van der Waals surface area contributed by atoms with E-state index in [1.807, 2.05) is 31.0 Å². The molecule has 0 saturated carbocycles. The first-order chi connectivity index (χ1) is 13.0. The average Bonchev–Trinajstić information content (AvgIpc) is 3.36. The van der Waals surface area contributed by atoms with Crippen LogP contribution in [0.2, 0.25) is 0 Å². The second kappa shape index (κ2) is 5.84. The highest BCUT2D eigenvalue weighted by molar-refractivity contribution is 5.93. The van der Waals surface area contributed by atoms with E-state index in [9.17, 15) is 4.79 Å². The van der Waals surface area contributed by atoms with Crippen molar-refractivity contribution in [1.82, 2.24) is 24.2 Å². The van der Waals surface area contributed by atoms with Gasteiger partial charge in [0.1, 0.15) is 5.69 Å². The van der Waals surface area contributed by atoms with Gasteiger partial charge in [-0.25, -0.2) is 4.98 Å². The second-order valence-electron chi connectivity index (χ2n) is 7.89. The van der Waals surface area contributed by atoms with Crippen LogP contribution in [0, 0.1) is 18.8 Å². The number of benzene rings is 1. The summed E-state index contributed by atoms with van der Waals surface area (Å²) in [6.07, 6.45) is 0. The van der Waals surface area contributed by atoms with Crippen LogP contribution in [0.25, 0.3) is 11.0 Å². The smallest absolute Gasteiger partial charge is 0.272 e. The van der Waals surface area contributed by atoms with Gasteiger partial charge >= 0.3 is 0 Å². The van der Waals surface area contributed by atoms with Crippen LogP contribution in [-0.4, -0.2) is 56.3 Å². The summed E-state index contributed by atoms with van der Waals surface area (Å²) in [4.78, 5) is 22.1. The molecule has 1 aromatic carbocycles. The Bertz CT molecular complexity index is 1020. The summed E-state index contributed by atoms with van der Waals surface area (Å²) in [5, 5.41) is 4.31. The molecule has 0 bridgehead atoms. The molecule has 7 heteroatoms. The Labute approximate surface area is 158 Å². The van der Waals surface area contributed by atoms with Crippen LogP contribution in [0.15, 0.2) is 30.3 Å². The summed E-state index contributed by atoms with van der Waals surface area (Å²) < 4.78 is 3.87. The minimum Gasteiger partial charge on any atom is -0.342 e. The van der Waals surface area contributed by atoms with Gasteiger partial charge in [0.05, 0.1) is 16.7 Å². The van der Waals surface area contributed by atoms with Gasteiger partial charge in [-0.2, -0.15) is 5.10 Å². The van der Waals surface area contributed by atoms with Gasteiger partial charge in [0.25, 0.3) is 5.91 Å². The first kappa shape index (κ1) is 16.4. The lowest BCUT2D eigenvalue weighted by atomic mass is 10.0. The summed E-state index contributed by atoms with van der Waals surface area (Å²) in [7, 11) is 3.92. The predicted octanol–water partition coefficient (Wildman–Crippen LogP) is 1.82. The van der Waals surface area contributed by atoms with Gasteiger partial charge in [0, 0.05) is 52.1 Å². The normalized spacial score (nSPS) is 22.0. The number of hydrogen-bond donors (Lipinski definition) is 0. The van der Waals surface area contributed by atoms with Crippen molar-refractivity contribution in [3.63, 3.8) is 0 Å². The standard InChI is InChI=1S/C20H24N6O/c1-13-8-18(24(3)22-13)19(27)25-9-14-11-26(12-15(14)10-25)20-21-16-6-4-5-7-17(16)23(20)2/h4-8,14-15H,9-12H2,1-3H3. The number of aromatic nitrogens is 4. The summed E-state index contributed by atoms with van der Waals surface area (Å²) in [5.41, 5.74) is 3.76. The Kier molecular flexibility index (Phi) is 3.54. The molecule has 2 aliphatic heterocycles. The molecular formula is C20H24N6O. The molecule has 140 valence electrons. The van der Waals surface area contributed by atoms with Crippen molar-refractivity contribution in [2.24, 2.45) is 25.9 Å². The number of nitrogens with zero attached hydrogens (tertiary/aromatic N) is 6. The van der Waals surface area contributed by atoms with Crippen molar-refractivity contribution in [3.8, 4) is 0 Å². The van der Waals surface area contributed by atoms with E-state index in [-0.39, 0.29) is 5.91 Å². The van der Waals surface area contributed by atoms with Crippen molar-refractivity contribution >= 4 is 22.9 Å². The first-order valence-corrected chi connectivity index (χ1v) is 9.47. The van der Waals surface area contributed by atoms with Crippen LogP contribution in [0.3, 0.4) is 0 Å². The fourth-order valence-electron chi connectivity index (χ4n) is 4.71. The van der Waals surface area contributed by atoms with Crippen LogP contribution < -0.4 is 4.90 Å². The summed E-state index contributed by atoms with van der Waals surface area (Å²) in [5.74, 6) is 2.14. The minimum absolute atomic E-state index is 0.0989. The first-order valence-electron chi connectivity index (χ1n) is 9.47. The maximum Gasteiger partial charge on any atom is 0.272 e. The number of carbonyl (C=O) groups excluding carboxylic acids is 1. The van der Waals surface area contributed by atoms with E-state index in [0.29, 0.717) is 17.5 Å². The number of aryl methyl sites for hydroxylation is 3. The van der Waals surface area contributed by atoms with Gasteiger partial charge < -0.3 is 14.4 Å². The number of carbonyl (C=O) groups is 1. The number of fused-ring (bicyclic) bond motifs is 2. The zero-order chi connectivity index (χ0) is 18.7. The molecule has 1 amide bonds. The van der Waals surface area contributed by atoms with Gasteiger partial charge in [-0.15, -0.1) is 0 Å². The van der Waals surface area contributed by atoms with E-state index < -0.39 is 0 Å². The van der Waals surface area contributed by atoms with E-state index in [4.69, 9.17) is 4.98 Å². The van der Waals surface area contributed by atoms with E-state index in [2.05, 4.69) is 39.8 Å². The van der Waals surface area contributed by atoms with Gasteiger partial charge in [0.2, 0.25) is 5.95 Å². The molecule has 0 aliphatic carbocycles. The number of hydrogen-bond acceptors (Lipinski definition) is 4. The van der Waals surface area contributed by atoms with E-state index in [1.54, 1.807) is 4.68 Å². The topological polar surface area (TPSA) is 59.2 Å². The number of amides is 1. The number of para-hydroxylation sites is 2.